The highest BCUT2D eigenvalue weighted by molar-refractivity contribution is 9.10. The number of nitrogens with one attached hydrogen (secondary N) is 1. The molecule has 0 spiro atoms. The van der Waals surface area contributed by atoms with Crippen LogP contribution in [0.2, 0.25) is 0 Å². The van der Waals surface area contributed by atoms with Gasteiger partial charge < -0.3 is 15.0 Å². The van der Waals surface area contributed by atoms with Crippen molar-refractivity contribution in [3.8, 4) is 5.75 Å². The standard InChI is InChI=1S/C29H32Br2N2O3/c1-4-21(3)32-29(35)27(17-22-9-6-5-7-10-22)33(18-23-11-8-12-24(30)16-23)28(34)19-36-25-13-14-26(31)20(2)15-25/h5-16,21,27H,4,17-19H2,1-3H3,(H,32,35)/t21-,27+/m0/s1. The molecule has 0 aliphatic rings. The Bertz CT molecular complexity index is 1170. The molecule has 0 radical (unpaired) electrons. The highest BCUT2D eigenvalue weighted by Gasteiger charge is 2.31. The normalized spacial score (nSPS) is 12.5. The molecule has 0 aliphatic heterocycles. The average Bonchev–Trinajstić information content (AvgIpc) is 2.87. The molecule has 3 rings (SSSR count). The summed E-state index contributed by atoms with van der Waals surface area (Å²) >= 11 is 7.00. The van der Waals surface area contributed by atoms with Crippen molar-refractivity contribution >= 4 is 43.7 Å². The Kier molecular flexibility index (Phi) is 10.6. The lowest BCUT2D eigenvalue weighted by molar-refractivity contribution is -0.143. The van der Waals surface area contributed by atoms with Gasteiger partial charge in [0.1, 0.15) is 11.8 Å². The fraction of sp³-hybridized carbons (Fsp3) is 0.310. The van der Waals surface area contributed by atoms with E-state index in [1.165, 1.54) is 0 Å². The van der Waals surface area contributed by atoms with Crippen molar-refractivity contribution in [1.29, 1.82) is 0 Å². The van der Waals surface area contributed by atoms with Crippen molar-refractivity contribution in [3.63, 3.8) is 0 Å². The number of rotatable bonds is 11. The van der Waals surface area contributed by atoms with E-state index in [1.807, 2.05) is 93.6 Å². The number of benzene rings is 3. The highest BCUT2D eigenvalue weighted by atomic mass is 79.9. The van der Waals surface area contributed by atoms with Gasteiger partial charge in [-0.3, -0.25) is 9.59 Å². The third kappa shape index (κ3) is 8.20. The summed E-state index contributed by atoms with van der Waals surface area (Å²) < 4.78 is 7.76. The minimum Gasteiger partial charge on any atom is -0.484 e. The second kappa shape index (κ2) is 13.6. The summed E-state index contributed by atoms with van der Waals surface area (Å²) in [5.41, 5.74) is 2.92. The summed E-state index contributed by atoms with van der Waals surface area (Å²) in [5.74, 6) is 0.182. The van der Waals surface area contributed by atoms with Gasteiger partial charge in [0.25, 0.3) is 5.91 Å². The largest absolute Gasteiger partial charge is 0.484 e. The monoisotopic (exact) mass is 614 g/mol. The van der Waals surface area contributed by atoms with E-state index in [-0.39, 0.29) is 31.0 Å². The molecule has 0 bridgehead atoms. The van der Waals surface area contributed by atoms with Gasteiger partial charge in [-0.15, -0.1) is 0 Å². The first-order valence-corrected chi connectivity index (χ1v) is 13.6. The molecule has 7 heteroatoms. The molecule has 5 nitrogen and oxygen atoms in total. The fourth-order valence-electron chi connectivity index (χ4n) is 3.76. The predicted octanol–water partition coefficient (Wildman–Crippen LogP) is 6.45. The Hall–Kier alpha value is -2.64. The van der Waals surface area contributed by atoms with Gasteiger partial charge in [-0.2, -0.15) is 0 Å². The molecule has 0 unspecified atom stereocenters. The summed E-state index contributed by atoms with van der Waals surface area (Å²) in [6.45, 7) is 6.07. The van der Waals surface area contributed by atoms with Gasteiger partial charge in [-0.05, 0) is 67.3 Å². The van der Waals surface area contributed by atoms with Crippen molar-refractivity contribution in [2.45, 2.75) is 52.2 Å². The first kappa shape index (κ1) is 27.9. The van der Waals surface area contributed by atoms with Crippen LogP contribution in [0.15, 0.2) is 81.7 Å². The minimum absolute atomic E-state index is 0.000542. The summed E-state index contributed by atoms with van der Waals surface area (Å²) in [4.78, 5) is 28.8. The first-order chi connectivity index (χ1) is 17.3. The lowest BCUT2D eigenvalue weighted by Crippen LogP contribution is -2.53. The molecular weight excluding hydrogens is 584 g/mol. The van der Waals surface area contributed by atoms with Crippen molar-refractivity contribution in [2.75, 3.05) is 6.61 Å². The summed E-state index contributed by atoms with van der Waals surface area (Å²) in [6, 6.07) is 22.5. The maximum Gasteiger partial charge on any atom is 0.261 e. The van der Waals surface area contributed by atoms with E-state index in [1.54, 1.807) is 4.90 Å². The third-order valence-corrected chi connectivity index (χ3v) is 7.39. The van der Waals surface area contributed by atoms with Crippen LogP contribution < -0.4 is 10.1 Å². The van der Waals surface area contributed by atoms with E-state index in [0.717, 1.165) is 32.1 Å². The summed E-state index contributed by atoms with van der Waals surface area (Å²) in [7, 11) is 0. The second-order valence-corrected chi connectivity index (χ2v) is 10.6. The second-order valence-electron chi connectivity index (χ2n) is 8.87. The number of amides is 2. The maximum absolute atomic E-state index is 13.6. The summed E-state index contributed by atoms with van der Waals surface area (Å²) in [5, 5.41) is 3.08. The number of halogens is 2. The first-order valence-electron chi connectivity index (χ1n) is 12.0. The number of aryl methyl sites for hydroxylation is 1. The average molecular weight is 616 g/mol. The minimum atomic E-state index is -0.692. The van der Waals surface area contributed by atoms with E-state index < -0.39 is 6.04 Å². The van der Waals surface area contributed by atoms with Crippen LogP contribution in [-0.2, 0) is 22.6 Å². The van der Waals surface area contributed by atoms with Gasteiger partial charge in [0.05, 0.1) is 0 Å². The Labute approximate surface area is 230 Å². The highest BCUT2D eigenvalue weighted by Crippen LogP contribution is 2.22. The maximum atomic E-state index is 13.6. The van der Waals surface area contributed by atoms with Crippen molar-refractivity contribution in [1.82, 2.24) is 10.2 Å². The zero-order chi connectivity index (χ0) is 26.1. The van der Waals surface area contributed by atoms with Gasteiger partial charge in [-0.25, -0.2) is 0 Å². The molecule has 36 heavy (non-hydrogen) atoms. The molecule has 190 valence electrons. The van der Waals surface area contributed by atoms with Crippen LogP contribution in [0, 0.1) is 6.92 Å². The molecule has 3 aromatic carbocycles. The molecule has 1 N–H and O–H groups in total. The van der Waals surface area contributed by atoms with Crippen LogP contribution in [0.3, 0.4) is 0 Å². The Morgan fingerprint density at radius 1 is 0.972 bits per heavy atom. The van der Waals surface area contributed by atoms with E-state index in [9.17, 15) is 9.59 Å². The number of hydrogen-bond acceptors (Lipinski definition) is 3. The van der Waals surface area contributed by atoms with Crippen LogP contribution in [0.25, 0.3) is 0 Å². The molecule has 0 aromatic heterocycles. The van der Waals surface area contributed by atoms with Gasteiger partial charge in [0.15, 0.2) is 6.61 Å². The van der Waals surface area contributed by atoms with Crippen molar-refractivity contribution in [3.05, 3.63) is 98.4 Å². The van der Waals surface area contributed by atoms with Crippen molar-refractivity contribution in [2.24, 2.45) is 0 Å². The van der Waals surface area contributed by atoms with Crippen LogP contribution in [0.1, 0.15) is 37.0 Å². The topological polar surface area (TPSA) is 58.6 Å². The Morgan fingerprint density at radius 3 is 2.36 bits per heavy atom. The molecule has 2 atom stereocenters. The number of carbonyl (C=O) groups excluding carboxylic acids is 2. The lowest BCUT2D eigenvalue weighted by Gasteiger charge is -2.32. The zero-order valence-electron chi connectivity index (χ0n) is 20.8. The van der Waals surface area contributed by atoms with Crippen molar-refractivity contribution < 1.29 is 14.3 Å². The van der Waals surface area contributed by atoms with E-state index in [0.29, 0.717) is 12.2 Å². The smallest absolute Gasteiger partial charge is 0.261 e. The number of ether oxygens (including phenoxy) is 1. The Morgan fingerprint density at radius 2 is 1.69 bits per heavy atom. The van der Waals surface area contributed by atoms with Gasteiger partial charge in [0, 0.05) is 28.0 Å². The molecule has 0 saturated carbocycles. The molecular formula is C29H32Br2N2O3. The van der Waals surface area contributed by atoms with Crippen LogP contribution >= 0.6 is 31.9 Å². The van der Waals surface area contributed by atoms with Crippen LogP contribution in [0.4, 0.5) is 0 Å². The third-order valence-electron chi connectivity index (χ3n) is 6.01. The molecule has 0 aliphatic carbocycles. The van der Waals surface area contributed by atoms with Gasteiger partial charge >= 0.3 is 0 Å². The van der Waals surface area contributed by atoms with Crippen LogP contribution in [-0.4, -0.2) is 35.4 Å². The number of hydrogen-bond donors (Lipinski definition) is 1. The fourth-order valence-corrected chi connectivity index (χ4v) is 4.46. The summed E-state index contributed by atoms with van der Waals surface area (Å²) in [6.07, 6.45) is 1.20. The van der Waals surface area contributed by atoms with E-state index in [2.05, 4.69) is 37.2 Å². The quantitative estimate of drug-likeness (QED) is 0.270. The zero-order valence-corrected chi connectivity index (χ0v) is 24.0. The van der Waals surface area contributed by atoms with Gasteiger partial charge in [0.2, 0.25) is 5.91 Å². The van der Waals surface area contributed by atoms with E-state index in [4.69, 9.17) is 4.74 Å². The molecule has 3 aromatic rings. The van der Waals surface area contributed by atoms with E-state index >= 15 is 0 Å². The molecule has 2 amide bonds. The predicted molar refractivity (Wildman–Crippen MR) is 151 cm³/mol. The molecule has 0 saturated heterocycles. The van der Waals surface area contributed by atoms with Crippen LogP contribution in [0.5, 0.6) is 5.75 Å². The number of nitrogens with zero attached hydrogens (tertiary/aromatic N) is 1. The SMILES string of the molecule is CC[C@H](C)NC(=O)[C@@H](Cc1ccccc1)N(Cc1cccc(Br)c1)C(=O)COc1ccc(Br)c(C)c1. The molecule has 0 heterocycles. The number of carbonyl (C=O) groups is 2. The lowest BCUT2D eigenvalue weighted by atomic mass is 10.0. The Balaban J connectivity index is 1.91. The van der Waals surface area contributed by atoms with Gasteiger partial charge in [-0.1, -0.05) is 81.2 Å². The molecule has 0 fully saturated rings.